The number of nitrogens with zero attached hydrogens (tertiary/aromatic N) is 1. The second-order valence-corrected chi connectivity index (χ2v) is 2.68. The number of hydrogen-bond acceptors (Lipinski definition) is 1. The topological polar surface area (TPSA) is 12.9 Å². The first-order valence-electron chi connectivity index (χ1n) is 2.49. The van der Waals surface area contributed by atoms with Crippen LogP contribution < -0.4 is 0 Å². The van der Waals surface area contributed by atoms with Crippen LogP contribution in [0.15, 0.2) is 24.5 Å². The summed E-state index contributed by atoms with van der Waals surface area (Å²) in [7, 11) is 0. The number of pyridine rings is 1. The van der Waals surface area contributed by atoms with Gasteiger partial charge in [0.2, 0.25) is 0 Å². The molecule has 1 rings (SSSR count). The Morgan fingerprint density at radius 1 is 1.22 bits per heavy atom. The Balaban J connectivity index is 2.85. The van der Waals surface area contributed by atoms with E-state index in [2.05, 4.69) is 4.98 Å². The summed E-state index contributed by atoms with van der Waals surface area (Å²) in [4.78, 5) is 3.37. The Hall–Kier alpha value is -0.270. The maximum absolute atomic E-state index is 5.54. The maximum atomic E-state index is 5.54. The van der Waals surface area contributed by atoms with E-state index < -0.39 is 4.84 Å². The van der Waals surface area contributed by atoms with E-state index in [1.807, 2.05) is 0 Å². The molecule has 0 saturated heterocycles. The molecule has 0 aliphatic rings. The standard InChI is InChI=1S/C6H5Cl2N/c7-6(8)5-1-3-9-4-2-5/h1-4,6H. The minimum absolute atomic E-state index is 0.437. The van der Waals surface area contributed by atoms with Crippen LogP contribution >= 0.6 is 23.2 Å². The fourth-order valence-electron chi connectivity index (χ4n) is 0.509. The van der Waals surface area contributed by atoms with Crippen LogP contribution in [-0.4, -0.2) is 4.98 Å². The molecule has 9 heavy (non-hydrogen) atoms. The third-order valence-electron chi connectivity index (χ3n) is 0.958. The lowest BCUT2D eigenvalue weighted by Crippen LogP contribution is -1.79. The van der Waals surface area contributed by atoms with E-state index in [1.165, 1.54) is 0 Å². The van der Waals surface area contributed by atoms with Crippen molar-refractivity contribution in [3.63, 3.8) is 0 Å². The molecule has 0 fully saturated rings. The van der Waals surface area contributed by atoms with Crippen molar-refractivity contribution in [2.45, 2.75) is 4.84 Å². The van der Waals surface area contributed by atoms with Gasteiger partial charge in [-0.25, -0.2) is 0 Å². The summed E-state index contributed by atoms with van der Waals surface area (Å²) in [5.41, 5.74) is 0.883. The van der Waals surface area contributed by atoms with E-state index in [0.29, 0.717) is 0 Å². The predicted molar refractivity (Wildman–Crippen MR) is 38.7 cm³/mol. The van der Waals surface area contributed by atoms with Crippen molar-refractivity contribution in [3.8, 4) is 0 Å². The molecule has 0 aliphatic heterocycles. The molecule has 1 heterocycles. The highest BCUT2D eigenvalue weighted by atomic mass is 35.5. The normalized spacial score (nSPS) is 10.1. The first-order chi connectivity index (χ1) is 4.30. The summed E-state index contributed by atoms with van der Waals surface area (Å²) < 4.78 is 0. The van der Waals surface area contributed by atoms with Crippen molar-refractivity contribution in [1.82, 2.24) is 4.98 Å². The highest BCUT2D eigenvalue weighted by molar-refractivity contribution is 6.44. The largest absolute Gasteiger partial charge is 0.265 e. The molecule has 48 valence electrons. The number of aromatic nitrogens is 1. The third-order valence-corrected chi connectivity index (χ3v) is 1.46. The Kier molecular flexibility index (Phi) is 2.31. The Morgan fingerprint density at radius 3 is 2.11 bits per heavy atom. The Labute approximate surface area is 63.6 Å². The molecule has 0 aromatic carbocycles. The minimum atomic E-state index is -0.437. The molecule has 1 aromatic heterocycles. The molecule has 0 saturated carbocycles. The van der Waals surface area contributed by atoms with Gasteiger partial charge in [-0.1, -0.05) is 0 Å². The van der Waals surface area contributed by atoms with Gasteiger partial charge >= 0.3 is 0 Å². The molecule has 0 bridgehead atoms. The van der Waals surface area contributed by atoms with Crippen LogP contribution in [0.3, 0.4) is 0 Å². The van der Waals surface area contributed by atoms with Gasteiger partial charge in [-0.05, 0) is 17.7 Å². The van der Waals surface area contributed by atoms with E-state index in [-0.39, 0.29) is 0 Å². The molecular weight excluding hydrogens is 157 g/mol. The van der Waals surface area contributed by atoms with Crippen LogP contribution in [0.25, 0.3) is 0 Å². The van der Waals surface area contributed by atoms with Crippen molar-refractivity contribution in [1.29, 1.82) is 0 Å². The van der Waals surface area contributed by atoms with Gasteiger partial charge < -0.3 is 0 Å². The van der Waals surface area contributed by atoms with E-state index >= 15 is 0 Å². The van der Waals surface area contributed by atoms with Crippen molar-refractivity contribution < 1.29 is 0 Å². The van der Waals surface area contributed by atoms with Crippen molar-refractivity contribution in [2.24, 2.45) is 0 Å². The lowest BCUT2D eigenvalue weighted by Gasteiger charge is -1.96. The molecular formula is C6H5Cl2N. The quantitative estimate of drug-likeness (QED) is 0.578. The average molecular weight is 162 g/mol. The summed E-state index contributed by atoms with van der Waals surface area (Å²) >= 11 is 11.1. The lowest BCUT2D eigenvalue weighted by molar-refractivity contribution is 1.25. The van der Waals surface area contributed by atoms with Gasteiger partial charge in [0.15, 0.2) is 0 Å². The minimum Gasteiger partial charge on any atom is -0.265 e. The van der Waals surface area contributed by atoms with E-state index in [4.69, 9.17) is 23.2 Å². The summed E-state index contributed by atoms with van der Waals surface area (Å²) in [6.45, 7) is 0. The van der Waals surface area contributed by atoms with Gasteiger partial charge in [0, 0.05) is 12.4 Å². The molecule has 0 radical (unpaired) electrons. The Bertz CT molecular complexity index is 174. The highest BCUT2D eigenvalue weighted by Gasteiger charge is 1.99. The van der Waals surface area contributed by atoms with Crippen LogP contribution in [0.1, 0.15) is 10.4 Å². The SMILES string of the molecule is ClC(Cl)c1ccncc1. The van der Waals surface area contributed by atoms with Crippen LogP contribution in [0.5, 0.6) is 0 Å². The smallest absolute Gasteiger partial charge is 0.132 e. The van der Waals surface area contributed by atoms with Crippen molar-refractivity contribution in [3.05, 3.63) is 30.1 Å². The maximum Gasteiger partial charge on any atom is 0.132 e. The van der Waals surface area contributed by atoms with Gasteiger partial charge in [0.1, 0.15) is 4.84 Å². The summed E-state index contributed by atoms with van der Waals surface area (Å²) in [5.74, 6) is 0. The first kappa shape index (κ1) is 6.84. The monoisotopic (exact) mass is 161 g/mol. The Morgan fingerprint density at radius 2 is 1.78 bits per heavy atom. The predicted octanol–water partition coefficient (Wildman–Crippen LogP) is 2.56. The molecule has 0 spiro atoms. The summed E-state index contributed by atoms with van der Waals surface area (Å²) in [6, 6.07) is 3.56. The van der Waals surface area contributed by atoms with E-state index in [0.717, 1.165) is 5.56 Å². The molecule has 0 amide bonds. The fraction of sp³-hybridized carbons (Fsp3) is 0.167. The lowest BCUT2D eigenvalue weighted by atomic mass is 10.3. The molecule has 0 N–H and O–H groups in total. The number of rotatable bonds is 1. The third kappa shape index (κ3) is 1.84. The highest BCUT2D eigenvalue weighted by Crippen LogP contribution is 2.22. The van der Waals surface area contributed by atoms with E-state index in [9.17, 15) is 0 Å². The van der Waals surface area contributed by atoms with Gasteiger partial charge in [-0.3, -0.25) is 4.98 Å². The number of halogens is 2. The van der Waals surface area contributed by atoms with Gasteiger partial charge in [0.05, 0.1) is 0 Å². The van der Waals surface area contributed by atoms with E-state index in [1.54, 1.807) is 24.5 Å². The van der Waals surface area contributed by atoms with Gasteiger partial charge in [-0.2, -0.15) is 0 Å². The average Bonchev–Trinajstić information content (AvgIpc) is 1.90. The zero-order valence-electron chi connectivity index (χ0n) is 4.59. The van der Waals surface area contributed by atoms with Crippen LogP contribution in [0.2, 0.25) is 0 Å². The van der Waals surface area contributed by atoms with Crippen LogP contribution in [0, 0.1) is 0 Å². The molecule has 0 aliphatic carbocycles. The zero-order valence-corrected chi connectivity index (χ0v) is 6.10. The fourth-order valence-corrected chi connectivity index (χ4v) is 0.800. The van der Waals surface area contributed by atoms with Crippen molar-refractivity contribution >= 4 is 23.2 Å². The first-order valence-corrected chi connectivity index (χ1v) is 3.36. The molecule has 0 atom stereocenters. The summed E-state index contributed by atoms with van der Waals surface area (Å²) in [5, 5.41) is 0. The molecule has 0 unspecified atom stereocenters. The second kappa shape index (κ2) is 3.04. The van der Waals surface area contributed by atoms with Crippen LogP contribution in [-0.2, 0) is 0 Å². The number of alkyl halides is 2. The zero-order chi connectivity index (χ0) is 6.69. The van der Waals surface area contributed by atoms with Gasteiger partial charge in [0.25, 0.3) is 0 Å². The van der Waals surface area contributed by atoms with Crippen molar-refractivity contribution in [2.75, 3.05) is 0 Å². The molecule has 1 nitrogen and oxygen atoms in total. The molecule has 1 aromatic rings. The second-order valence-electron chi connectivity index (χ2n) is 1.58. The van der Waals surface area contributed by atoms with Gasteiger partial charge in [-0.15, -0.1) is 23.2 Å². The summed E-state index contributed by atoms with van der Waals surface area (Å²) in [6.07, 6.45) is 3.32. The van der Waals surface area contributed by atoms with Crippen LogP contribution in [0.4, 0.5) is 0 Å². The number of hydrogen-bond donors (Lipinski definition) is 0. The molecule has 3 heteroatoms.